The summed E-state index contributed by atoms with van der Waals surface area (Å²) in [7, 11) is 0. The highest BCUT2D eigenvalue weighted by atomic mass is 16.5. The van der Waals surface area contributed by atoms with E-state index < -0.39 is 0 Å². The number of ether oxygens (including phenoxy) is 1. The third kappa shape index (κ3) is 4.44. The molecule has 1 atom stereocenters. The first-order valence-corrected chi connectivity index (χ1v) is 7.69. The fourth-order valence-corrected chi connectivity index (χ4v) is 2.80. The molecule has 116 valence electrons. The Morgan fingerprint density at radius 1 is 1.38 bits per heavy atom. The second-order valence-corrected chi connectivity index (χ2v) is 5.55. The van der Waals surface area contributed by atoms with Gasteiger partial charge in [-0.05, 0) is 38.4 Å². The lowest BCUT2D eigenvalue weighted by Crippen LogP contribution is -2.36. The molecule has 1 saturated heterocycles. The second kappa shape index (κ2) is 8.00. The van der Waals surface area contributed by atoms with Gasteiger partial charge in [0.2, 0.25) is 0 Å². The van der Waals surface area contributed by atoms with Gasteiger partial charge in [-0.3, -0.25) is 15.1 Å². The Labute approximate surface area is 126 Å². The van der Waals surface area contributed by atoms with E-state index in [1.165, 1.54) is 25.7 Å². The minimum absolute atomic E-state index is 0.325. The van der Waals surface area contributed by atoms with Gasteiger partial charge in [0.1, 0.15) is 12.4 Å². The molecule has 2 rings (SSSR count). The highest BCUT2D eigenvalue weighted by molar-refractivity contribution is 5.96. The summed E-state index contributed by atoms with van der Waals surface area (Å²) in [5.41, 5.74) is 2.62. The Morgan fingerprint density at radius 3 is 3.00 bits per heavy atom. The number of para-hydroxylation sites is 1. The SMILES string of the molecule is CC1CCCCCN1CCOc1ccccc1C(=O)NN. The number of carbonyl (C=O) groups excluding carboxylic acids is 1. The summed E-state index contributed by atoms with van der Waals surface area (Å²) >= 11 is 0. The van der Waals surface area contributed by atoms with Crippen LogP contribution in [0.3, 0.4) is 0 Å². The van der Waals surface area contributed by atoms with Gasteiger partial charge in [0.15, 0.2) is 0 Å². The summed E-state index contributed by atoms with van der Waals surface area (Å²) in [4.78, 5) is 14.1. The maximum atomic E-state index is 11.7. The molecule has 0 aromatic heterocycles. The number of rotatable bonds is 5. The lowest BCUT2D eigenvalue weighted by atomic mass is 10.1. The molecule has 0 aliphatic carbocycles. The van der Waals surface area contributed by atoms with Crippen LogP contribution in [0.4, 0.5) is 0 Å². The van der Waals surface area contributed by atoms with Crippen LogP contribution in [0.15, 0.2) is 24.3 Å². The van der Waals surface area contributed by atoms with Crippen molar-refractivity contribution >= 4 is 5.91 Å². The van der Waals surface area contributed by atoms with Crippen molar-refractivity contribution in [2.75, 3.05) is 19.7 Å². The third-order valence-electron chi connectivity index (χ3n) is 4.09. The largest absolute Gasteiger partial charge is 0.491 e. The topological polar surface area (TPSA) is 67.6 Å². The van der Waals surface area contributed by atoms with Crippen LogP contribution in [0.25, 0.3) is 0 Å². The Bertz CT molecular complexity index is 465. The molecule has 0 saturated carbocycles. The summed E-state index contributed by atoms with van der Waals surface area (Å²) in [6, 6.07) is 7.78. The van der Waals surface area contributed by atoms with Crippen LogP contribution in [0.5, 0.6) is 5.75 Å². The van der Waals surface area contributed by atoms with Gasteiger partial charge < -0.3 is 4.74 Å². The summed E-state index contributed by atoms with van der Waals surface area (Å²) in [5.74, 6) is 5.45. The van der Waals surface area contributed by atoms with E-state index in [0.29, 0.717) is 24.0 Å². The number of likely N-dealkylation sites (tertiary alicyclic amines) is 1. The quantitative estimate of drug-likeness (QED) is 0.494. The van der Waals surface area contributed by atoms with Crippen molar-refractivity contribution in [3.8, 4) is 5.75 Å². The maximum Gasteiger partial charge on any atom is 0.268 e. The molecule has 1 aliphatic heterocycles. The number of nitrogen functional groups attached to an aromatic ring is 1. The summed E-state index contributed by atoms with van der Waals surface area (Å²) in [5, 5.41) is 0. The molecule has 1 aromatic rings. The van der Waals surface area contributed by atoms with Crippen LogP contribution in [-0.4, -0.2) is 36.5 Å². The first-order valence-electron chi connectivity index (χ1n) is 7.69. The molecule has 5 heteroatoms. The number of nitrogens with one attached hydrogen (secondary N) is 1. The molecule has 1 heterocycles. The second-order valence-electron chi connectivity index (χ2n) is 5.55. The Balaban J connectivity index is 1.89. The van der Waals surface area contributed by atoms with Crippen LogP contribution in [0.1, 0.15) is 43.0 Å². The Morgan fingerprint density at radius 2 is 2.19 bits per heavy atom. The first kappa shape index (κ1) is 15.8. The average molecular weight is 291 g/mol. The highest BCUT2D eigenvalue weighted by Crippen LogP contribution is 2.19. The first-order chi connectivity index (χ1) is 10.2. The molecule has 0 bridgehead atoms. The van der Waals surface area contributed by atoms with Crippen LogP contribution in [0.2, 0.25) is 0 Å². The van der Waals surface area contributed by atoms with Gasteiger partial charge in [-0.25, -0.2) is 5.84 Å². The normalized spacial score (nSPS) is 19.8. The van der Waals surface area contributed by atoms with E-state index in [-0.39, 0.29) is 5.91 Å². The minimum atomic E-state index is -0.325. The number of amides is 1. The van der Waals surface area contributed by atoms with Gasteiger partial charge in [-0.15, -0.1) is 0 Å². The van der Waals surface area contributed by atoms with Crippen molar-refractivity contribution in [2.24, 2.45) is 5.84 Å². The lowest BCUT2D eigenvalue weighted by molar-refractivity contribution is 0.0948. The van der Waals surface area contributed by atoms with Crippen molar-refractivity contribution < 1.29 is 9.53 Å². The molecule has 1 unspecified atom stereocenters. The van der Waals surface area contributed by atoms with E-state index >= 15 is 0 Å². The van der Waals surface area contributed by atoms with Crippen molar-refractivity contribution in [3.05, 3.63) is 29.8 Å². The van der Waals surface area contributed by atoms with E-state index in [9.17, 15) is 4.79 Å². The molecule has 1 aromatic carbocycles. The Kier molecular flexibility index (Phi) is 6.02. The van der Waals surface area contributed by atoms with E-state index in [1.54, 1.807) is 18.2 Å². The predicted octanol–water partition coefficient (Wildman–Crippen LogP) is 1.93. The molecular weight excluding hydrogens is 266 g/mol. The van der Waals surface area contributed by atoms with Gasteiger partial charge in [-0.2, -0.15) is 0 Å². The molecule has 3 N–H and O–H groups in total. The lowest BCUT2D eigenvalue weighted by Gasteiger charge is -2.26. The molecule has 1 fully saturated rings. The molecule has 21 heavy (non-hydrogen) atoms. The molecule has 1 amide bonds. The van der Waals surface area contributed by atoms with Crippen LogP contribution >= 0.6 is 0 Å². The minimum Gasteiger partial charge on any atom is -0.491 e. The van der Waals surface area contributed by atoms with Gasteiger partial charge >= 0.3 is 0 Å². The molecule has 5 nitrogen and oxygen atoms in total. The summed E-state index contributed by atoms with van der Waals surface area (Å²) in [6.07, 6.45) is 5.15. The Hall–Kier alpha value is -1.59. The average Bonchev–Trinajstić information content (AvgIpc) is 2.72. The monoisotopic (exact) mass is 291 g/mol. The standard InChI is InChI=1S/C16H25N3O2/c1-13-7-3-2-6-10-19(13)11-12-21-15-9-5-4-8-14(15)16(20)18-17/h4-5,8-9,13H,2-3,6-7,10-12,17H2,1H3,(H,18,20). The van der Waals surface area contributed by atoms with Gasteiger partial charge in [-0.1, -0.05) is 25.0 Å². The van der Waals surface area contributed by atoms with E-state index in [0.717, 1.165) is 13.1 Å². The van der Waals surface area contributed by atoms with E-state index in [4.69, 9.17) is 10.6 Å². The van der Waals surface area contributed by atoms with Crippen molar-refractivity contribution in [2.45, 2.75) is 38.6 Å². The van der Waals surface area contributed by atoms with Gasteiger partial charge in [0.25, 0.3) is 5.91 Å². The van der Waals surface area contributed by atoms with Crippen LogP contribution in [0, 0.1) is 0 Å². The molecule has 0 spiro atoms. The zero-order chi connectivity index (χ0) is 15.1. The van der Waals surface area contributed by atoms with Crippen LogP contribution < -0.4 is 16.0 Å². The third-order valence-corrected chi connectivity index (χ3v) is 4.09. The zero-order valence-electron chi connectivity index (χ0n) is 12.7. The van der Waals surface area contributed by atoms with Crippen molar-refractivity contribution in [1.82, 2.24) is 10.3 Å². The van der Waals surface area contributed by atoms with E-state index in [2.05, 4.69) is 17.2 Å². The molecular formula is C16H25N3O2. The zero-order valence-corrected chi connectivity index (χ0v) is 12.7. The smallest absolute Gasteiger partial charge is 0.268 e. The number of hydrogen-bond donors (Lipinski definition) is 2. The van der Waals surface area contributed by atoms with Gasteiger partial charge in [0.05, 0.1) is 5.56 Å². The van der Waals surface area contributed by atoms with E-state index in [1.807, 2.05) is 6.07 Å². The number of benzene rings is 1. The fourth-order valence-electron chi connectivity index (χ4n) is 2.80. The number of hydrogen-bond acceptors (Lipinski definition) is 4. The molecule has 0 radical (unpaired) electrons. The number of carbonyl (C=O) groups is 1. The number of nitrogens with zero attached hydrogens (tertiary/aromatic N) is 1. The van der Waals surface area contributed by atoms with Gasteiger partial charge in [0, 0.05) is 12.6 Å². The predicted molar refractivity (Wildman–Crippen MR) is 83.1 cm³/mol. The number of nitrogens with two attached hydrogens (primary N) is 1. The summed E-state index contributed by atoms with van der Waals surface area (Å²) in [6.45, 7) is 4.88. The fraction of sp³-hybridized carbons (Fsp3) is 0.562. The maximum absolute atomic E-state index is 11.7. The number of hydrazine groups is 1. The van der Waals surface area contributed by atoms with Crippen molar-refractivity contribution in [3.63, 3.8) is 0 Å². The highest BCUT2D eigenvalue weighted by Gasteiger charge is 2.17. The van der Waals surface area contributed by atoms with Crippen LogP contribution in [-0.2, 0) is 0 Å². The van der Waals surface area contributed by atoms with Crippen molar-refractivity contribution in [1.29, 1.82) is 0 Å². The molecule has 1 aliphatic rings. The summed E-state index contributed by atoms with van der Waals surface area (Å²) < 4.78 is 5.79.